The monoisotopic (exact) mass is 427 g/mol. The summed E-state index contributed by atoms with van der Waals surface area (Å²) in [4.78, 5) is 29.6. The lowest BCUT2D eigenvalue weighted by Crippen LogP contribution is -2.32. The van der Waals surface area contributed by atoms with E-state index >= 15 is 0 Å². The van der Waals surface area contributed by atoms with Crippen LogP contribution < -0.4 is 15.4 Å². The highest BCUT2D eigenvalue weighted by Gasteiger charge is 2.14. The lowest BCUT2D eigenvalue weighted by molar-refractivity contribution is -0.115. The summed E-state index contributed by atoms with van der Waals surface area (Å²) in [5.41, 5.74) is 1.74. The summed E-state index contributed by atoms with van der Waals surface area (Å²) in [6.07, 6.45) is 0.403. The largest absolute Gasteiger partial charge is 0.494 e. The van der Waals surface area contributed by atoms with E-state index in [0.29, 0.717) is 35.0 Å². The molecule has 3 rings (SSSR count). The van der Waals surface area contributed by atoms with Gasteiger partial charge in [0.2, 0.25) is 5.91 Å². The molecule has 2 aromatic carbocycles. The molecule has 0 unspecified atom stereocenters. The smallest absolute Gasteiger partial charge is 0.251 e. The van der Waals surface area contributed by atoms with Crippen LogP contribution in [0.15, 0.2) is 48.5 Å². The number of nitrogens with zero attached hydrogens (tertiary/aromatic N) is 1. The standard InChI is InChI=1S/C22H22FN3O3S/c1-3-29-17-10-8-15(9-11-17)21(28)24-13-20(27)26-22-25-14(2)19(30-22)12-16-6-4-5-7-18(16)23/h4-11H,3,12-13H2,1-2H3,(H,24,28)(H,25,26,27). The number of anilines is 1. The van der Waals surface area contributed by atoms with E-state index in [0.717, 1.165) is 10.6 Å². The zero-order valence-corrected chi connectivity index (χ0v) is 17.5. The second-order valence-electron chi connectivity index (χ2n) is 6.48. The van der Waals surface area contributed by atoms with Crippen LogP contribution in [-0.2, 0) is 11.2 Å². The first-order valence-corrected chi connectivity index (χ1v) is 10.3. The molecule has 0 aliphatic heterocycles. The minimum atomic E-state index is -0.388. The molecule has 0 aliphatic carbocycles. The summed E-state index contributed by atoms with van der Waals surface area (Å²) in [6.45, 7) is 4.05. The quantitative estimate of drug-likeness (QED) is 0.571. The van der Waals surface area contributed by atoms with Gasteiger partial charge >= 0.3 is 0 Å². The van der Waals surface area contributed by atoms with Gasteiger partial charge in [0.15, 0.2) is 5.13 Å². The van der Waals surface area contributed by atoms with Crippen LogP contribution in [0.5, 0.6) is 5.75 Å². The van der Waals surface area contributed by atoms with Crippen molar-refractivity contribution in [2.75, 3.05) is 18.5 Å². The Labute approximate surface area is 178 Å². The van der Waals surface area contributed by atoms with Crippen LogP contribution in [0, 0.1) is 12.7 Å². The van der Waals surface area contributed by atoms with E-state index in [9.17, 15) is 14.0 Å². The van der Waals surface area contributed by atoms with Crippen LogP contribution >= 0.6 is 11.3 Å². The summed E-state index contributed by atoms with van der Waals surface area (Å²) in [6, 6.07) is 13.2. The number of carbonyl (C=O) groups excluding carboxylic acids is 2. The normalized spacial score (nSPS) is 10.5. The maximum atomic E-state index is 13.9. The minimum Gasteiger partial charge on any atom is -0.494 e. The van der Waals surface area contributed by atoms with Gasteiger partial charge in [-0.3, -0.25) is 9.59 Å². The predicted octanol–water partition coefficient (Wildman–Crippen LogP) is 3.95. The number of aromatic nitrogens is 1. The number of hydrogen-bond acceptors (Lipinski definition) is 5. The molecular weight excluding hydrogens is 405 g/mol. The Morgan fingerprint density at radius 1 is 1.13 bits per heavy atom. The Hall–Kier alpha value is -3.26. The van der Waals surface area contributed by atoms with E-state index in [1.54, 1.807) is 42.5 Å². The van der Waals surface area contributed by atoms with Crippen LogP contribution in [0.1, 0.15) is 33.4 Å². The van der Waals surface area contributed by atoms with Gasteiger partial charge in [0, 0.05) is 16.9 Å². The zero-order chi connectivity index (χ0) is 21.5. The van der Waals surface area contributed by atoms with Crippen molar-refractivity contribution in [1.82, 2.24) is 10.3 Å². The zero-order valence-electron chi connectivity index (χ0n) is 16.7. The third-order valence-electron chi connectivity index (χ3n) is 4.28. The van der Waals surface area contributed by atoms with Gasteiger partial charge in [-0.25, -0.2) is 9.37 Å². The van der Waals surface area contributed by atoms with Gasteiger partial charge in [-0.1, -0.05) is 18.2 Å². The number of nitrogens with one attached hydrogen (secondary N) is 2. The van der Waals surface area contributed by atoms with Crippen LogP contribution in [-0.4, -0.2) is 29.9 Å². The average molecular weight is 428 g/mol. The van der Waals surface area contributed by atoms with Crippen LogP contribution in [0.25, 0.3) is 0 Å². The van der Waals surface area contributed by atoms with E-state index in [4.69, 9.17) is 4.74 Å². The molecule has 6 nitrogen and oxygen atoms in total. The first-order valence-electron chi connectivity index (χ1n) is 9.47. The fraction of sp³-hybridized carbons (Fsp3) is 0.227. The molecule has 156 valence electrons. The van der Waals surface area contributed by atoms with Gasteiger partial charge in [0.05, 0.1) is 18.8 Å². The molecule has 0 bridgehead atoms. The molecule has 0 fully saturated rings. The lowest BCUT2D eigenvalue weighted by atomic mass is 10.1. The number of hydrogen-bond donors (Lipinski definition) is 2. The Balaban J connectivity index is 1.53. The molecule has 0 atom stereocenters. The Kier molecular flexibility index (Phi) is 7.13. The van der Waals surface area contributed by atoms with Gasteiger partial charge in [0.25, 0.3) is 5.91 Å². The average Bonchev–Trinajstić information content (AvgIpc) is 3.07. The van der Waals surface area contributed by atoms with E-state index < -0.39 is 0 Å². The fourth-order valence-electron chi connectivity index (χ4n) is 2.76. The summed E-state index contributed by atoms with van der Waals surface area (Å²) < 4.78 is 19.2. The topological polar surface area (TPSA) is 80.3 Å². The summed E-state index contributed by atoms with van der Waals surface area (Å²) >= 11 is 1.29. The van der Waals surface area contributed by atoms with Gasteiger partial charge in [-0.15, -0.1) is 11.3 Å². The Morgan fingerprint density at radius 2 is 1.87 bits per heavy atom. The van der Waals surface area contributed by atoms with Crippen molar-refractivity contribution in [1.29, 1.82) is 0 Å². The molecule has 30 heavy (non-hydrogen) atoms. The molecule has 1 heterocycles. The molecule has 0 spiro atoms. The molecule has 0 radical (unpaired) electrons. The first kappa shape index (κ1) is 21.4. The fourth-order valence-corrected chi connectivity index (χ4v) is 3.76. The molecule has 8 heteroatoms. The second kappa shape index (κ2) is 9.98. The second-order valence-corrected chi connectivity index (χ2v) is 7.57. The van der Waals surface area contributed by atoms with E-state index in [2.05, 4.69) is 15.6 Å². The first-order chi connectivity index (χ1) is 14.5. The predicted molar refractivity (Wildman–Crippen MR) is 115 cm³/mol. The Morgan fingerprint density at radius 3 is 2.57 bits per heavy atom. The minimum absolute atomic E-state index is 0.187. The lowest BCUT2D eigenvalue weighted by Gasteiger charge is -2.06. The molecule has 3 aromatic rings. The third kappa shape index (κ3) is 5.64. The Bertz CT molecular complexity index is 1030. The van der Waals surface area contributed by atoms with E-state index in [1.807, 2.05) is 13.8 Å². The third-order valence-corrected chi connectivity index (χ3v) is 5.36. The van der Waals surface area contributed by atoms with Crippen molar-refractivity contribution in [3.8, 4) is 5.75 Å². The van der Waals surface area contributed by atoms with Crippen molar-refractivity contribution >= 4 is 28.3 Å². The summed E-state index contributed by atoms with van der Waals surface area (Å²) in [5.74, 6) is -0.339. The van der Waals surface area contributed by atoms with Gasteiger partial charge in [-0.05, 0) is 49.7 Å². The number of benzene rings is 2. The highest BCUT2D eigenvalue weighted by Crippen LogP contribution is 2.26. The number of ether oxygens (including phenoxy) is 1. The number of halogens is 1. The van der Waals surface area contributed by atoms with Crippen molar-refractivity contribution in [2.45, 2.75) is 20.3 Å². The molecule has 1 aromatic heterocycles. The summed E-state index contributed by atoms with van der Waals surface area (Å²) in [5, 5.41) is 5.67. The number of carbonyl (C=O) groups is 2. The van der Waals surface area contributed by atoms with Crippen LogP contribution in [0.4, 0.5) is 9.52 Å². The van der Waals surface area contributed by atoms with E-state index in [1.165, 1.54) is 17.4 Å². The molecule has 0 aliphatic rings. The number of thiazole rings is 1. The SMILES string of the molecule is CCOc1ccc(C(=O)NCC(=O)Nc2nc(C)c(Cc3ccccc3F)s2)cc1. The van der Waals surface area contributed by atoms with E-state index in [-0.39, 0.29) is 24.2 Å². The maximum absolute atomic E-state index is 13.9. The van der Waals surface area contributed by atoms with Crippen molar-refractivity contribution in [3.05, 3.63) is 76.0 Å². The van der Waals surface area contributed by atoms with Crippen molar-refractivity contribution in [3.63, 3.8) is 0 Å². The highest BCUT2D eigenvalue weighted by molar-refractivity contribution is 7.15. The van der Waals surface area contributed by atoms with Crippen LogP contribution in [0.3, 0.4) is 0 Å². The van der Waals surface area contributed by atoms with Gasteiger partial charge in [0.1, 0.15) is 11.6 Å². The number of rotatable bonds is 8. The number of aryl methyl sites for hydroxylation is 1. The maximum Gasteiger partial charge on any atom is 0.251 e. The van der Waals surface area contributed by atoms with Crippen molar-refractivity contribution < 1.29 is 18.7 Å². The highest BCUT2D eigenvalue weighted by atomic mass is 32.1. The van der Waals surface area contributed by atoms with Gasteiger partial charge < -0.3 is 15.4 Å². The molecule has 2 amide bonds. The molecule has 0 saturated carbocycles. The van der Waals surface area contributed by atoms with Gasteiger partial charge in [-0.2, -0.15) is 0 Å². The summed E-state index contributed by atoms with van der Waals surface area (Å²) in [7, 11) is 0. The molecule has 0 saturated heterocycles. The van der Waals surface area contributed by atoms with Crippen LogP contribution in [0.2, 0.25) is 0 Å². The molecular formula is C22H22FN3O3S. The number of amides is 2. The molecule has 2 N–H and O–H groups in total. The van der Waals surface area contributed by atoms with Crippen molar-refractivity contribution in [2.24, 2.45) is 0 Å².